The van der Waals surface area contributed by atoms with Crippen molar-refractivity contribution in [3.05, 3.63) is 64.5 Å². The molecule has 124 valence electrons. The van der Waals surface area contributed by atoms with E-state index in [4.69, 9.17) is 13.7 Å². The number of methoxy groups -OCH3 is 1. The molecule has 2 heterocycles. The normalized spacial score (nSPS) is 11.0. The second kappa shape index (κ2) is 5.90. The summed E-state index contributed by atoms with van der Waals surface area (Å²) in [6, 6.07) is 14.7. The highest BCUT2D eigenvalue weighted by atomic mass is 16.5. The average Bonchev–Trinajstić information content (AvgIpc) is 3.10. The van der Waals surface area contributed by atoms with Gasteiger partial charge in [0.2, 0.25) is 5.82 Å². The highest BCUT2D eigenvalue weighted by Crippen LogP contribution is 2.28. The Bertz CT molecular complexity index is 1130. The van der Waals surface area contributed by atoms with Crippen LogP contribution in [0.25, 0.3) is 33.8 Å². The number of aryl methyl sites for hydroxylation is 1. The van der Waals surface area contributed by atoms with E-state index in [9.17, 15) is 4.79 Å². The molecule has 0 N–H and O–H groups in total. The molecule has 0 saturated carbocycles. The molecule has 4 rings (SSSR count). The van der Waals surface area contributed by atoms with E-state index in [1.165, 1.54) is 7.11 Å². The van der Waals surface area contributed by atoms with Crippen molar-refractivity contribution in [2.75, 3.05) is 7.11 Å². The van der Waals surface area contributed by atoms with Crippen LogP contribution in [0.4, 0.5) is 0 Å². The van der Waals surface area contributed by atoms with Gasteiger partial charge < -0.3 is 13.7 Å². The van der Waals surface area contributed by atoms with Crippen LogP contribution in [-0.2, 0) is 0 Å². The van der Waals surface area contributed by atoms with Gasteiger partial charge in [-0.05, 0) is 24.6 Å². The number of benzene rings is 2. The molecule has 0 bridgehead atoms. The Labute approximate surface area is 142 Å². The zero-order valence-electron chi connectivity index (χ0n) is 13.6. The maximum Gasteiger partial charge on any atom is 0.349 e. The SMILES string of the molecule is COc1cccc2cc(-c3nc(-c4ccccc4C)no3)c(=O)oc12. The number of fused-ring (bicyclic) bond motifs is 1. The summed E-state index contributed by atoms with van der Waals surface area (Å²) in [7, 11) is 1.52. The third kappa shape index (κ3) is 2.57. The van der Waals surface area contributed by atoms with Crippen molar-refractivity contribution in [3.8, 4) is 28.6 Å². The molecule has 0 saturated heterocycles. The van der Waals surface area contributed by atoms with E-state index in [-0.39, 0.29) is 11.5 Å². The maximum atomic E-state index is 12.4. The predicted octanol–water partition coefficient (Wildman–Crippen LogP) is 3.83. The molecule has 2 aromatic carbocycles. The molecule has 4 aromatic rings. The Morgan fingerprint density at radius 3 is 2.68 bits per heavy atom. The molecule has 0 radical (unpaired) electrons. The van der Waals surface area contributed by atoms with E-state index in [0.717, 1.165) is 11.1 Å². The number of nitrogens with zero attached hydrogens (tertiary/aromatic N) is 2. The van der Waals surface area contributed by atoms with Crippen LogP contribution in [0.1, 0.15) is 5.56 Å². The Morgan fingerprint density at radius 2 is 1.88 bits per heavy atom. The largest absolute Gasteiger partial charge is 0.493 e. The van der Waals surface area contributed by atoms with E-state index in [2.05, 4.69) is 10.1 Å². The summed E-state index contributed by atoms with van der Waals surface area (Å²) in [6.07, 6.45) is 0. The zero-order chi connectivity index (χ0) is 17.4. The molecule has 0 spiro atoms. The van der Waals surface area contributed by atoms with Crippen molar-refractivity contribution in [3.63, 3.8) is 0 Å². The van der Waals surface area contributed by atoms with Crippen molar-refractivity contribution < 1.29 is 13.7 Å². The van der Waals surface area contributed by atoms with Gasteiger partial charge in [-0.15, -0.1) is 0 Å². The van der Waals surface area contributed by atoms with Crippen LogP contribution in [0.3, 0.4) is 0 Å². The Hall–Kier alpha value is -3.41. The second-order valence-corrected chi connectivity index (χ2v) is 5.56. The Balaban J connectivity index is 1.85. The number of hydrogen-bond acceptors (Lipinski definition) is 6. The molecule has 6 heteroatoms. The topological polar surface area (TPSA) is 78.4 Å². The van der Waals surface area contributed by atoms with Crippen molar-refractivity contribution >= 4 is 11.0 Å². The highest BCUT2D eigenvalue weighted by molar-refractivity contribution is 5.85. The first kappa shape index (κ1) is 15.1. The van der Waals surface area contributed by atoms with Crippen LogP contribution in [0.5, 0.6) is 5.75 Å². The van der Waals surface area contributed by atoms with E-state index in [0.29, 0.717) is 22.5 Å². The van der Waals surface area contributed by atoms with Crippen LogP contribution in [0.15, 0.2) is 62.3 Å². The first-order chi connectivity index (χ1) is 12.2. The van der Waals surface area contributed by atoms with Gasteiger partial charge in [0.25, 0.3) is 5.89 Å². The Kier molecular flexibility index (Phi) is 3.57. The summed E-state index contributed by atoms with van der Waals surface area (Å²) in [5, 5.41) is 4.70. The number of hydrogen-bond donors (Lipinski definition) is 0. The van der Waals surface area contributed by atoms with Gasteiger partial charge in [0.15, 0.2) is 11.3 Å². The third-order valence-electron chi connectivity index (χ3n) is 3.99. The van der Waals surface area contributed by atoms with Gasteiger partial charge in [0, 0.05) is 10.9 Å². The lowest BCUT2D eigenvalue weighted by Gasteiger charge is -2.03. The van der Waals surface area contributed by atoms with Crippen LogP contribution < -0.4 is 10.4 Å². The molecule has 0 atom stereocenters. The van der Waals surface area contributed by atoms with Gasteiger partial charge in [-0.2, -0.15) is 4.98 Å². The summed E-state index contributed by atoms with van der Waals surface area (Å²) in [4.78, 5) is 16.7. The van der Waals surface area contributed by atoms with Crippen molar-refractivity contribution in [2.24, 2.45) is 0 Å². The minimum atomic E-state index is -0.558. The van der Waals surface area contributed by atoms with Gasteiger partial charge in [-0.1, -0.05) is 41.6 Å². The van der Waals surface area contributed by atoms with E-state index >= 15 is 0 Å². The van der Waals surface area contributed by atoms with Gasteiger partial charge in [0.1, 0.15) is 5.56 Å². The summed E-state index contributed by atoms with van der Waals surface area (Å²) in [6.45, 7) is 1.96. The lowest BCUT2D eigenvalue weighted by molar-refractivity contribution is 0.405. The fourth-order valence-corrected chi connectivity index (χ4v) is 2.69. The molecule has 0 aliphatic rings. The van der Waals surface area contributed by atoms with Crippen molar-refractivity contribution in [1.82, 2.24) is 10.1 Å². The smallest absolute Gasteiger partial charge is 0.349 e. The average molecular weight is 334 g/mol. The van der Waals surface area contributed by atoms with Crippen molar-refractivity contribution in [2.45, 2.75) is 6.92 Å². The van der Waals surface area contributed by atoms with Crippen LogP contribution >= 0.6 is 0 Å². The van der Waals surface area contributed by atoms with Crippen LogP contribution in [0.2, 0.25) is 0 Å². The number of para-hydroxylation sites is 1. The van der Waals surface area contributed by atoms with Gasteiger partial charge in [0.05, 0.1) is 7.11 Å². The first-order valence-electron chi connectivity index (χ1n) is 7.68. The standard InChI is InChI=1S/C19H14N2O4/c1-11-6-3-4-8-13(11)17-20-18(25-21-17)14-10-12-7-5-9-15(23-2)16(12)24-19(14)22/h3-10H,1-2H3. The molecule has 0 fully saturated rings. The van der Waals surface area contributed by atoms with Crippen LogP contribution in [-0.4, -0.2) is 17.3 Å². The van der Waals surface area contributed by atoms with Crippen molar-refractivity contribution in [1.29, 1.82) is 0 Å². The zero-order valence-corrected chi connectivity index (χ0v) is 13.6. The molecule has 25 heavy (non-hydrogen) atoms. The number of rotatable bonds is 3. The summed E-state index contributed by atoms with van der Waals surface area (Å²) in [5.74, 6) is 1.04. The lowest BCUT2D eigenvalue weighted by atomic mass is 10.1. The first-order valence-corrected chi connectivity index (χ1v) is 7.68. The van der Waals surface area contributed by atoms with E-state index < -0.39 is 5.63 Å². The highest BCUT2D eigenvalue weighted by Gasteiger charge is 2.17. The molecule has 2 aromatic heterocycles. The molecular weight excluding hydrogens is 320 g/mol. The minimum Gasteiger partial charge on any atom is -0.493 e. The quantitative estimate of drug-likeness (QED) is 0.530. The molecular formula is C19H14N2O4. The minimum absolute atomic E-state index is 0.122. The monoisotopic (exact) mass is 334 g/mol. The predicted molar refractivity (Wildman–Crippen MR) is 92.5 cm³/mol. The number of aromatic nitrogens is 2. The molecule has 0 aliphatic carbocycles. The molecule has 6 nitrogen and oxygen atoms in total. The van der Waals surface area contributed by atoms with E-state index in [1.54, 1.807) is 12.1 Å². The van der Waals surface area contributed by atoms with Gasteiger partial charge in [-0.3, -0.25) is 0 Å². The van der Waals surface area contributed by atoms with Gasteiger partial charge in [-0.25, -0.2) is 4.79 Å². The third-order valence-corrected chi connectivity index (χ3v) is 3.99. The summed E-state index contributed by atoms with van der Waals surface area (Å²) < 4.78 is 15.9. The van der Waals surface area contributed by atoms with E-state index in [1.807, 2.05) is 43.3 Å². The summed E-state index contributed by atoms with van der Waals surface area (Å²) >= 11 is 0. The fourth-order valence-electron chi connectivity index (χ4n) is 2.69. The maximum absolute atomic E-state index is 12.4. The molecule has 0 unspecified atom stereocenters. The Morgan fingerprint density at radius 1 is 1.04 bits per heavy atom. The fraction of sp³-hybridized carbons (Fsp3) is 0.105. The number of ether oxygens (including phenoxy) is 1. The molecule has 0 aliphatic heterocycles. The lowest BCUT2D eigenvalue weighted by Crippen LogP contribution is -2.03. The second-order valence-electron chi connectivity index (χ2n) is 5.56. The van der Waals surface area contributed by atoms with Crippen LogP contribution in [0, 0.1) is 6.92 Å². The molecule has 0 amide bonds. The van der Waals surface area contributed by atoms with Gasteiger partial charge >= 0.3 is 5.63 Å². The summed E-state index contributed by atoms with van der Waals surface area (Å²) in [5.41, 5.74) is 1.91.